The topological polar surface area (TPSA) is 51.0 Å². The number of hydrogen-bond acceptors (Lipinski definition) is 3. The van der Waals surface area contributed by atoms with Crippen molar-refractivity contribution in [3.8, 4) is 11.3 Å². The molecule has 2 aromatic carbocycles. The second kappa shape index (κ2) is 7.47. The lowest BCUT2D eigenvalue weighted by atomic mass is 9.81. The van der Waals surface area contributed by atoms with Crippen LogP contribution in [0.1, 0.15) is 46.9 Å². The molecule has 2 aliphatic heterocycles. The lowest BCUT2D eigenvalue weighted by Crippen LogP contribution is -2.49. The highest BCUT2D eigenvalue weighted by atomic mass is 19.2. The number of halogens is 2. The van der Waals surface area contributed by atoms with Crippen molar-refractivity contribution in [2.75, 3.05) is 0 Å². The first-order valence-electron chi connectivity index (χ1n) is 11.2. The van der Waals surface area contributed by atoms with Gasteiger partial charge in [0.05, 0.1) is 22.9 Å². The largest absolute Gasteiger partial charge is 0.327 e. The Labute approximate surface area is 189 Å². The number of amides is 1. The molecule has 5 nitrogen and oxygen atoms in total. The Morgan fingerprint density at radius 3 is 2.79 bits per heavy atom. The summed E-state index contributed by atoms with van der Waals surface area (Å²) in [4.78, 5) is 20.0. The molecule has 1 saturated heterocycles. The molecule has 0 saturated carbocycles. The third kappa shape index (κ3) is 3.14. The monoisotopic (exact) mass is 444 g/mol. The number of carbonyl (C=O) groups excluding carboxylic acids is 1. The molecule has 1 amide bonds. The summed E-state index contributed by atoms with van der Waals surface area (Å²) in [5.41, 5.74) is 4.80. The molecule has 4 heterocycles. The van der Waals surface area contributed by atoms with Gasteiger partial charge in [0.15, 0.2) is 11.6 Å². The van der Waals surface area contributed by atoms with E-state index in [4.69, 9.17) is 5.10 Å². The molecule has 0 spiro atoms. The Hall–Kier alpha value is -3.61. The molecule has 0 N–H and O–H groups in total. The SMILES string of the molecule is Cn1nc2c(c1-c1ccc(F)c(F)c1)C[C@H]1CCC[C@@H]2N1C(=O)c1ccc2ncccc2c1. The molecular weight excluding hydrogens is 422 g/mol. The number of hydrogen-bond donors (Lipinski definition) is 0. The molecule has 2 aliphatic rings. The molecule has 0 aliphatic carbocycles. The maximum atomic E-state index is 14.0. The summed E-state index contributed by atoms with van der Waals surface area (Å²) in [6, 6.07) is 13.3. The highest BCUT2D eigenvalue weighted by molar-refractivity contribution is 5.98. The predicted octanol–water partition coefficient (Wildman–Crippen LogP) is 5.21. The zero-order chi connectivity index (χ0) is 22.7. The highest BCUT2D eigenvalue weighted by Crippen LogP contribution is 2.45. The molecule has 2 atom stereocenters. The first-order chi connectivity index (χ1) is 16.0. The number of aromatic nitrogens is 3. The van der Waals surface area contributed by atoms with E-state index in [1.807, 2.05) is 42.3 Å². The molecule has 1 fully saturated rings. The lowest BCUT2D eigenvalue weighted by Gasteiger charge is -2.45. The van der Waals surface area contributed by atoms with Gasteiger partial charge in [0.25, 0.3) is 5.91 Å². The molecule has 33 heavy (non-hydrogen) atoms. The number of carbonyl (C=O) groups is 1. The van der Waals surface area contributed by atoms with Crippen molar-refractivity contribution in [2.45, 2.75) is 37.8 Å². The van der Waals surface area contributed by atoms with E-state index in [-0.39, 0.29) is 18.0 Å². The van der Waals surface area contributed by atoms with E-state index in [0.29, 0.717) is 17.5 Å². The van der Waals surface area contributed by atoms with Crippen LogP contribution in [0.3, 0.4) is 0 Å². The Morgan fingerprint density at radius 2 is 1.94 bits per heavy atom. The van der Waals surface area contributed by atoms with Crippen molar-refractivity contribution in [1.82, 2.24) is 19.7 Å². The van der Waals surface area contributed by atoms with E-state index in [0.717, 1.165) is 53.2 Å². The third-order valence-electron chi connectivity index (χ3n) is 6.95. The Bertz CT molecular complexity index is 1410. The smallest absolute Gasteiger partial charge is 0.254 e. The van der Waals surface area contributed by atoms with Crippen molar-refractivity contribution in [3.05, 3.63) is 83.2 Å². The van der Waals surface area contributed by atoms with Crippen LogP contribution < -0.4 is 0 Å². The molecule has 0 unspecified atom stereocenters. The van der Waals surface area contributed by atoms with Crippen LogP contribution in [0, 0.1) is 11.6 Å². The van der Waals surface area contributed by atoms with Crippen LogP contribution in [-0.4, -0.2) is 31.6 Å². The van der Waals surface area contributed by atoms with Crippen LogP contribution in [0.15, 0.2) is 54.7 Å². The average molecular weight is 444 g/mol. The second-order valence-electron chi connectivity index (χ2n) is 8.89. The highest BCUT2D eigenvalue weighted by Gasteiger charge is 2.43. The quantitative estimate of drug-likeness (QED) is 0.427. The summed E-state index contributed by atoms with van der Waals surface area (Å²) < 4.78 is 29.2. The van der Waals surface area contributed by atoms with Crippen LogP contribution in [0.4, 0.5) is 8.78 Å². The number of benzene rings is 2. The lowest BCUT2D eigenvalue weighted by molar-refractivity contribution is 0.0392. The molecule has 2 aromatic heterocycles. The zero-order valence-corrected chi connectivity index (χ0v) is 18.1. The van der Waals surface area contributed by atoms with Crippen molar-refractivity contribution < 1.29 is 13.6 Å². The van der Waals surface area contributed by atoms with Gasteiger partial charge in [-0.1, -0.05) is 6.07 Å². The number of fused-ring (bicyclic) bond motifs is 5. The van der Waals surface area contributed by atoms with Gasteiger partial charge in [0, 0.05) is 41.4 Å². The maximum absolute atomic E-state index is 14.0. The average Bonchev–Trinajstić information content (AvgIpc) is 3.15. The number of pyridine rings is 1. The van der Waals surface area contributed by atoms with Crippen molar-refractivity contribution in [1.29, 1.82) is 0 Å². The van der Waals surface area contributed by atoms with Gasteiger partial charge >= 0.3 is 0 Å². The minimum absolute atomic E-state index is 0.00105. The summed E-state index contributed by atoms with van der Waals surface area (Å²) in [5.74, 6) is -1.74. The minimum Gasteiger partial charge on any atom is -0.327 e. The Kier molecular flexibility index (Phi) is 4.54. The van der Waals surface area contributed by atoms with Crippen molar-refractivity contribution in [2.24, 2.45) is 7.05 Å². The van der Waals surface area contributed by atoms with Gasteiger partial charge in [0.2, 0.25) is 0 Å². The normalized spacial score (nSPS) is 19.5. The fraction of sp³-hybridized carbons (Fsp3) is 0.269. The van der Waals surface area contributed by atoms with Gasteiger partial charge in [-0.05, 0) is 68.1 Å². The maximum Gasteiger partial charge on any atom is 0.254 e. The standard InChI is InChI=1S/C26H22F2N4O/c1-31-25(16-7-9-20(27)21(28)13-16)19-14-18-5-2-6-23(24(19)30-31)32(18)26(33)17-8-10-22-15(12-17)4-3-11-29-22/h3-4,7-13,18,23H,2,5-6,14H2,1H3/t18-,23+/m1/s1. The number of nitrogens with zero attached hydrogens (tertiary/aromatic N) is 4. The second-order valence-corrected chi connectivity index (χ2v) is 8.89. The first-order valence-corrected chi connectivity index (χ1v) is 11.2. The third-order valence-corrected chi connectivity index (χ3v) is 6.95. The van der Waals surface area contributed by atoms with Gasteiger partial charge in [-0.2, -0.15) is 5.10 Å². The predicted molar refractivity (Wildman–Crippen MR) is 121 cm³/mol. The molecule has 0 radical (unpaired) electrons. The van der Waals surface area contributed by atoms with E-state index in [1.165, 1.54) is 6.07 Å². The van der Waals surface area contributed by atoms with E-state index in [9.17, 15) is 13.6 Å². The molecule has 6 rings (SSSR count). The Morgan fingerprint density at radius 1 is 1.06 bits per heavy atom. The van der Waals surface area contributed by atoms with Gasteiger partial charge in [-0.15, -0.1) is 0 Å². The van der Waals surface area contributed by atoms with E-state index < -0.39 is 11.6 Å². The summed E-state index contributed by atoms with van der Waals surface area (Å²) in [6.07, 6.45) is 5.15. The zero-order valence-electron chi connectivity index (χ0n) is 18.1. The fourth-order valence-corrected chi connectivity index (χ4v) is 5.51. The first kappa shape index (κ1) is 20.0. The van der Waals surface area contributed by atoms with Gasteiger partial charge in [0.1, 0.15) is 0 Å². The van der Waals surface area contributed by atoms with Crippen molar-refractivity contribution in [3.63, 3.8) is 0 Å². The number of aryl methyl sites for hydroxylation is 1. The number of piperidine rings is 1. The van der Waals surface area contributed by atoms with Gasteiger partial charge in [-0.25, -0.2) is 8.78 Å². The van der Waals surface area contributed by atoms with E-state index in [1.54, 1.807) is 16.9 Å². The summed E-state index contributed by atoms with van der Waals surface area (Å²) in [7, 11) is 1.82. The summed E-state index contributed by atoms with van der Waals surface area (Å²) in [6.45, 7) is 0. The minimum atomic E-state index is -0.874. The summed E-state index contributed by atoms with van der Waals surface area (Å²) >= 11 is 0. The summed E-state index contributed by atoms with van der Waals surface area (Å²) in [5, 5.41) is 5.71. The van der Waals surface area contributed by atoms with E-state index in [2.05, 4.69) is 4.98 Å². The number of rotatable bonds is 2. The Balaban J connectivity index is 1.42. The molecule has 4 aromatic rings. The van der Waals surface area contributed by atoms with Crippen LogP contribution in [0.25, 0.3) is 22.2 Å². The van der Waals surface area contributed by atoms with Crippen LogP contribution in [-0.2, 0) is 13.5 Å². The van der Waals surface area contributed by atoms with Crippen LogP contribution in [0.5, 0.6) is 0 Å². The van der Waals surface area contributed by atoms with Gasteiger partial charge in [-0.3, -0.25) is 14.5 Å². The van der Waals surface area contributed by atoms with Gasteiger partial charge < -0.3 is 4.90 Å². The molecule has 7 heteroatoms. The van der Waals surface area contributed by atoms with Crippen LogP contribution >= 0.6 is 0 Å². The molecular formula is C26H22F2N4O. The van der Waals surface area contributed by atoms with E-state index >= 15 is 0 Å². The molecule has 166 valence electrons. The van der Waals surface area contributed by atoms with Crippen LogP contribution in [0.2, 0.25) is 0 Å². The molecule has 2 bridgehead atoms. The fourth-order valence-electron chi connectivity index (χ4n) is 5.51. The van der Waals surface area contributed by atoms with Crippen molar-refractivity contribution >= 4 is 16.8 Å².